The molecule has 0 saturated carbocycles. The van der Waals surface area contributed by atoms with E-state index in [1.807, 2.05) is 0 Å². The molecule has 21 heavy (non-hydrogen) atoms. The van der Waals surface area contributed by atoms with Gasteiger partial charge in [0.2, 0.25) is 0 Å². The first kappa shape index (κ1) is 13.1. The van der Waals surface area contributed by atoms with Crippen LogP contribution in [-0.4, -0.2) is 21.0 Å². The number of benzene rings is 2. The summed E-state index contributed by atoms with van der Waals surface area (Å²) in [7, 11) is 0. The summed E-state index contributed by atoms with van der Waals surface area (Å²) < 4.78 is 0. The van der Waals surface area contributed by atoms with Gasteiger partial charge in [0.15, 0.2) is 5.78 Å². The summed E-state index contributed by atoms with van der Waals surface area (Å²) in [4.78, 5) is 16.4. The van der Waals surface area contributed by atoms with E-state index in [9.17, 15) is 15.0 Å². The molecule has 0 radical (unpaired) electrons. The summed E-state index contributed by atoms with van der Waals surface area (Å²) in [5.41, 5.74) is 2.62. The molecule has 0 aliphatic rings. The highest BCUT2D eigenvalue weighted by Gasteiger charge is 2.11. The average Bonchev–Trinajstić information content (AvgIpc) is 2.46. The lowest BCUT2D eigenvalue weighted by Gasteiger charge is -2.08. The van der Waals surface area contributed by atoms with Crippen molar-refractivity contribution in [3.05, 3.63) is 54.1 Å². The number of hydrogen-bond acceptors (Lipinski definition) is 4. The number of rotatable bonds is 2. The number of aromatic nitrogens is 1. The van der Waals surface area contributed by atoms with Gasteiger partial charge in [-0.3, -0.25) is 4.79 Å². The Morgan fingerprint density at radius 2 is 1.62 bits per heavy atom. The summed E-state index contributed by atoms with van der Waals surface area (Å²) in [6, 6.07) is 13.1. The van der Waals surface area contributed by atoms with Crippen molar-refractivity contribution in [2.24, 2.45) is 0 Å². The fourth-order valence-corrected chi connectivity index (χ4v) is 2.29. The average molecular weight is 279 g/mol. The third kappa shape index (κ3) is 2.43. The van der Waals surface area contributed by atoms with Gasteiger partial charge in [0.25, 0.3) is 0 Å². The molecule has 3 rings (SSSR count). The van der Waals surface area contributed by atoms with E-state index in [0.29, 0.717) is 22.2 Å². The molecule has 0 aliphatic heterocycles. The minimum atomic E-state index is -0.0898. The van der Waals surface area contributed by atoms with Gasteiger partial charge in [-0.25, -0.2) is 4.98 Å². The second-order valence-electron chi connectivity index (χ2n) is 4.86. The number of phenols is 2. The summed E-state index contributed by atoms with van der Waals surface area (Å²) >= 11 is 0. The van der Waals surface area contributed by atoms with E-state index in [4.69, 9.17) is 0 Å². The lowest BCUT2D eigenvalue weighted by atomic mass is 10.0. The molecule has 0 fully saturated rings. The Kier molecular flexibility index (Phi) is 3.06. The molecule has 1 aromatic heterocycles. The van der Waals surface area contributed by atoms with Gasteiger partial charge in [0.05, 0.1) is 11.2 Å². The Hall–Kier alpha value is -2.88. The molecule has 1 heterocycles. The van der Waals surface area contributed by atoms with Crippen molar-refractivity contribution in [1.82, 2.24) is 4.98 Å². The van der Waals surface area contributed by atoms with Crippen molar-refractivity contribution in [3.63, 3.8) is 0 Å². The number of nitrogens with zero attached hydrogens (tertiary/aromatic N) is 1. The molecule has 0 atom stereocenters. The van der Waals surface area contributed by atoms with Gasteiger partial charge >= 0.3 is 0 Å². The van der Waals surface area contributed by atoms with Gasteiger partial charge in [0, 0.05) is 16.5 Å². The largest absolute Gasteiger partial charge is 0.508 e. The van der Waals surface area contributed by atoms with Crippen LogP contribution in [0.3, 0.4) is 0 Å². The van der Waals surface area contributed by atoms with E-state index in [1.54, 1.807) is 48.5 Å². The molecular formula is C17H13NO3. The Bertz CT molecular complexity index is 839. The maximum atomic E-state index is 11.9. The molecule has 4 heteroatoms. The predicted molar refractivity (Wildman–Crippen MR) is 80.5 cm³/mol. The van der Waals surface area contributed by atoms with Crippen LogP contribution in [0.1, 0.15) is 17.3 Å². The third-order valence-electron chi connectivity index (χ3n) is 3.33. The number of Topliss-reactive ketones (excluding diaryl/α,β-unsaturated/α-hetero) is 1. The van der Waals surface area contributed by atoms with Gasteiger partial charge in [-0.15, -0.1) is 0 Å². The van der Waals surface area contributed by atoms with E-state index in [-0.39, 0.29) is 17.3 Å². The molecule has 0 spiro atoms. The van der Waals surface area contributed by atoms with Crippen LogP contribution in [0.5, 0.6) is 11.5 Å². The molecule has 2 N–H and O–H groups in total. The summed E-state index contributed by atoms with van der Waals surface area (Å²) in [6.07, 6.45) is 0. The number of fused-ring (bicyclic) bond motifs is 1. The normalized spacial score (nSPS) is 10.7. The maximum absolute atomic E-state index is 11.9. The van der Waals surface area contributed by atoms with Gasteiger partial charge < -0.3 is 10.2 Å². The molecule has 0 unspecified atom stereocenters. The van der Waals surface area contributed by atoms with Crippen molar-refractivity contribution in [2.75, 3.05) is 0 Å². The number of carbonyl (C=O) groups is 1. The Morgan fingerprint density at radius 3 is 2.29 bits per heavy atom. The fourth-order valence-electron chi connectivity index (χ4n) is 2.29. The second kappa shape index (κ2) is 4.90. The van der Waals surface area contributed by atoms with Crippen LogP contribution in [0, 0.1) is 0 Å². The molecule has 0 saturated heterocycles. The Balaban J connectivity index is 2.28. The lowest BCUT2D eigenvalue weighted by Crippen LogP contribution is -1.97. The Morgan fingerprint density at radius 1 is 0.952 bits per heavy atom. The summed E-state index contributed by atoms with van der Waals surface area (Å²) in [6.45, 7) is 1.49. The number of ketones is 1. The highest BCUT2D eigenvalue weighted by atomic mass is 16.3. The smallest absolute Gasteiger partial charge is 0.160 e. The van der Waals surface area contributed by atoms with E-state index in [2.05, 4.69) is 4.98 Å². The summed E-state index contributed by atoms with van der Waals surface area (Å²) in [5.74, 6) is 0.188. The van der Waals surface area contributed by atoms with E-state index >= 15 is 0 Å². The minimum absolute atomic E-state index is 0.0898. The van der Waals surface area contributed by atoms with Crippen molar-refractivity contribution < 1.29 is 15.0 Å². The number of carbonyl (C=O) groups excluding carboxylic acids is 1. The van der Waals surface area contributed by atoms with Gasteiger partial charge in [-0.05, 0) is 55.5 Å². The zero-order valence-corrected chi connectivity index (χ0v) is 11.4. The Labute approximate surface area is 121 Å². The molecule has 0 bridgehead atoms. The highest BCUT2D eigenvalue weighted by Crippen LogP contribution is 2.28. The van der Waals surface area contributed by atoms with Crippen LogP contribution in [-0.2, 0) is 0 Å². The van der Waals surface area contributed by atoms with E-state index in [0.717, 1.165) is 5.56 Å². The minimum Gasteiger partial charge on any atom is -0.508 e. The van der Waals surface area contributed by atoms with Crippen molar-refractivity contribution in [1.29, 1.82) is 0 Å². The second-order valence-corrected chi connectivity index (χ2v) is 4.86. The van der Waals surface area contributed by atoms with Crippen molar-refractivity contribution in [2.45, 2.75) is 6.92 Å². The topological polar surface area (TPSA) is 70.4 Å². The number of hydrogen-bond donors (Lipinski definition) is 2. The number of phenolic OH excluding ortho intramolecular Hbond substituents is 2. The van der Waals surface area contributed by atoms with E-state index < -0.39 is 0 Å². The third-order valence-corrected chi connectivity index (χ3v) is 3.33. The zero-order chi connectivity index (χ0) is 15.0. The standard InChI is InChI=1S/C17H13NO3/c1-10(19)14-9-17(11-2-4-12(20)5-3-11)18-16-7-6-13(21)8-15(14)16/h2-9,20-21H,1H3. The van der Waals surface area contributed by atoms with Gasteiger partial charge in [0.1, 0.15) is 11.5 Å². The van der Waals surface area contributed by atoms with Crippen molar-refractivity contribution in [3.8, 4) is 22.8 Å². The van der Waals surface area contributed by atoms with Crippen molar-refractivity contribution >= 4 is 16.7 Å². The SMILES string of the molecule is CC(=O)c1cc(-c2ccc(O)cc2)nc2ccc(O)cc12. The molecule has 0 amide bonds. The molecule has 3 aromatic rings. The fraction of sp³-hybridized carbons (Fsp3) is 0.0588. The zero-order valence-electron chi connectivity index (χ0n) is 11.4. The van der Waals surface area contributed by atoms with Crippen LogP contribution >= 0.6 is 0 Å². The van der Waals surface area contributed by atoms with Crippen LogP contribution in [0.15, 0.2) is 48.5 Å². The molecular weight excluding hydrogens is 266 g/mol. The predicted octanol–water partition coefficient (Wildman–Crippen LogP) is 3.52. The number of aromatic hydroxyl groups is 2. The van der Waals surface area contributed by atoms with E-state index in [1.165, 1.54) is 6.92 Å². The maximum Gasteiger partial charge on any atom is 0.160 e. The van der Waals surface area contributed by atoms with Gasteiger partial charge in [-0.2, -0.15) is 0 Å². The molecule has 104 valence electrons. The first-order chi connectivity index (χ1) is 10.0. The summed E-state index contributed by atoms with van der Waals surface area (Å²) in [5, 5.41) is 19.6. The molecule has 4 nitrogen and oxygen atoms in total. The molecule has 0 aliphatic carbocycles. The van der Waals surface area contributed by atoms with Crippen LogP contribution < -0.4 is 0 Å². The van der Waals surface area contributed by atoms with Crippen LogP contribution in [0.4, 0.5) is 0 Å². The molecule has 2 aromatic carbocycles. The first-order valence-corrected chi connectivity index (χ1v) is 6.49. The monoisotopic (exact) mass is 279 g/mol. The quantitative estimate of drug-likeness (QED) is 0.704. The van der Waals surface area contributed by atoms with Crippen LogP contribution in [0.2, 0.25) is 0 Å². The number of pyridine rings is 1. The lowest BCUT2D eigenvalue weighted by molar-refractivity contribution is 0.101. The highest BCUT2D eigenvalue weighted by molar-refractivity contribution is 6.07. The van der Waals surface area contributed by atoms with Gasteiger partial charge in [-0.1, -0.05) is 0 Å². The van der Waals surface area contributed by atoms with Crippen LogP contribution in [0.25, 0.3) is 22.2 Å². The first-order valence-electron chi connectivity index (χ1n) is 6.49.